The van der Waals surface area contributed by atoms with Crippen LogP contribution in [0.15, 0.2) is 46.9 Å². The zero-order chi connectivity index (χ0) is 20.1. The van der Waals surface area contributed by atoms with Crippen LogP contribution in [0.4, 0.5) is 0 Å². The molecule has 7 heteroatoms. The molecule has 0 aromatic heterocycles. The highest BCUT2D eigenvalue weighted by Crippen LogP contribution is 2.24. The first-order valence-electron chi connectivity index (χ1n) is 9.30. The third kappa shape index (κ3) is 4.65. The standard InChI is InChI=1S/C21H23BrN2O4/c1-2-28-19-6-4-3-5-16(19)21(27)24-11-9-15(10-12-24)23-20(26)17-13-14(22)7-8-18(17)25/h3-8,13,15,25H,2,9-12H2,1H3,(H,23,26). The van der Waals surface area contributed by atoms with Crippen molar-refractivity contribution >= 4 is 27.7 Å². The number of carbonyl (C=O) groups excluding carboxylic acids is 2. The quantitative estimate of drug-likeness (QED) is 0.735. The summed E-state index contributed by atoms with van der Waals surface area (Å²) in [6.45, 7) is 3.49. The van der Waals surface area contributed by atoms with Gasteiger partial charge in [0.05, 0.1) is 17.7 Å². The Bertz CT molecular complexity index is 863. The minimum absolute atomic E-state index is 0.0444. The Hall–Kier alpha value is -2.54. The molecule has 1 fully saturated rings. The molecule has 0 spiro atoms. The molecule has 2 aromatic rings. The Morgan fingerprint density at radius 1 is 1.18 bits per heavy atom. The second kappa shape index (κ2) is 9.10. The van der Waals surface area contributed by atoms with Gasteiger partial charge in [-0.3, -0.25) is 9.59 Å². The van der Waals surface area contributed by atoms with Crippen LogP contribution in [0.25, 0.3) is 0 Å². The van der Waals surface area contributed by atoms with Gasteiger partial charge in [0.2, 0.25) is 0 Å². The van der Waals surface area contributed by atoms with Gasteiger partial charge >= 0.3 is 0 Å². The molecule has 2 N–H and O–H groups in total. The number of nitrogens with one attached hydrogen (secondary N) is 1. The first-order chi connectivity index (χ1) is 13.5. The number of hydrogen-bond acceptors (Lipinski definition) is 4. The topological polar surface area (TPSA) is 78.9 Å². The fourth-order valence-electron chi connectivity index (χ4n) is 3.28. The molecular formula is C21H23BrN2O4. The van der Waals surface area contributed by atoms with Crippen LogP contribution < -0.4 is 10.1 Å². The number of amides is 2. The van der Waals surface area contributed by atoms with Crippen molar-refractivity contribution in [3.63, 3.8) is 0 Å². The highest BCUT2D eigenvalue weighted by Gasteiger charge is 2.26. The number of aromatic hydroxyl groups is 1. The van der Waals surface area contributed by atoms with Gasteiger partial charge in [0.1, 0.15) is 11.5 Å². The van der Waals surface area contributed by atoms with Gasteiger partial charge < -0.3 is 20.1 Å². The number of carbonyl (C=O) groups is 2. The molecule has 0 bridgehead atoms. The van der Waals surface area contributed by atoms with Crippen LogP contribution in [0.1, 0.15) is 40.5 Å². The number of nitrogens with zero attached hydrogens (tertiary/aromatic N) is 1. The summed E-state index contributed by atoms with van der Waals surface area (Å²) in [6.07, 6.45) is 1.31. The minimum atomic E-state index is -0.315. The molecule has 28 heavy (non-hydrogen) atoms. The molecule has 148 valence electrons. The van der Waals surface area contributed by atoms with Crippen LogP contribution in [0.3, 0.4) is 0 Å². The lowest BCUT2D eigenvalue weighted by molar-refractivity contribution is 0.0694. The van der Waals surface area contributed by atoms with E-state index in [0.717, 1.165) is 4.47 Å². The van der Waals surface area contributed by atoms with Crippen molar-refractivity contribution in [1.29, 1.82) is 0 Å². The second-order valence-corrected chi connectivity index (χ2v) is 7.55. The number of phenols is 1. The van der Waals surface area contributed by atoms with Gasteiger partial charge in [0.15, 0.2) is 0 Å². The first kappa shape index (κ1) is 20.2. The Labute approximate surface area is 172 Å². The van der Waals surface area contributed by atoms with Crippen LogP contribution >= 0.6 is 15.9 Å². The van der Waals surface area contributed by atoms with Crippen molar-refractivity contribution in [2.75, 3.05) is 19.7 Å². The number of hydrogen-bond donors (Lipinski definition) is 2. The molecule has 1 heterocycles. The molecule has 0 atom stereocenters. The summed E-state index contributed by atoms with van der Waals surface area (Å²) in [5.74, 6) is 0.167. The van der Waals surface area contributed by atoms with Gasteiger partial charge in [0.25, 0.3) is 11.8 Å². The van der Waals surface area contributed by atoms with Gasteiger partial charge in [-0.15, -0.1) is 0 Å². The van der Waals surface area contributed by atoms with E-state index >= 15 is 0 Å². The van der Waals surface area contributed by atoms with Gasteiger partial charge in [-0.25, -0.2) is 0 Å². The fraction of sp³-hybridized carbons (Fsp3) is 0.333. The lowest BCUT2D eigenvalue weighted by Crippen LogP contribution is -2.46. The Morgan fingerprint density at radius 3 is 2.61 bits per heavy atom. The van der Waals surface area contributed by atoms with Crippen LogP contribution in [-0.4, -0.2) is 47.6 Å². The summed E-state index contributed by atoms with van der Waals surface area (Å²) in [7, 11) is 0. The van der Waals surface area contributed by atoms with Gasteiger partial charge in [-0.1, -0.05) is 28.1 Å². The summed E-state index contributed by atoms with van der Waals surface area (Å²) >= 11 is 3.31. The number of halogens is 1. The molecule has 0 radical (unpaired) electrons. The van der Waals surface area contributed by atoms with Crippen molar-refractivity contribution in [2.45, 2.75) is 25.8 Å². The highest BCUT2D eigenvalue weighted by atomic mass is 79.9. The number of ether oxygens (including phenoxy) is 1. The van der Waals surface area contributed by atoms with Crippen LogP contribution in [-0.2, 0) is 0 Å². The molecule has 0 saturated carbocycles. The molecule has 1 aliphatic rings. The van der Waals surface area contributed by atoms with E-state index in [1.165, 1.54) is 6.07 Å². The maximum atomic E-state index is 12.8. The van der Waals surface area contributed by atoms with Crippen LogP contribution in [0, 0.1) is 0 Å². The molecular weight excluding hydrogens is 424 g/mol. The summed E-state index contributed by atoms with van der Waals surface area (Å²) in [5.41, 5.74) is 0.796. The second-order valence-electron chi connectivity index (χ2n) is 6.63. The largest absolute Gasteiger partial charge is 0.507 e. The number of piperidine rings is 1. The zero-order valence-corrected chi connectivity index (χ0v) is 17.2. The van der Waals surface area contributed by atoms with Crippen LogP contribution in [0.5, 0.6) is 11.5 Å². The van der Waals surface area contributed by atoms with E-state index in [2.05, 4.69) is 21.2 Å². The average Bonchev–Trinajstić information content (AvgIpc) is 2.70. The third-order valence-corrected chi connectivity index (χ3v) is 5.23. The number of benzene rings is 2. The van der Waals surface area contributed by atoms with Crippen molar-refractivity contribution < 1.29 is 19.4 Å². The Balaban J connectivity index is 1.59. The monoisotopic (exact) mass is 446 g/mol. The normalized spacial score (nSPS) is 14.6. The van der Waals surface area contributed by atoms with E-state index in [9.17, 15) is 14.7 Å². The predicted octanol–water partition coefficient (Wildman–Crippen LogP) is 3.59. The van der Waals surface area contributed by atoms with E-state index in [0.29, 0.717) is 43.9 Å². The van der Waals surface area contributed by atoms with E-state index in [4.69, 9.17) is 4.74 Å². The maximum absolute atomic E-state index is 12.8. The Kier molecular flexibility index (Phi) is 6.57. The lowest BCUT2D eigenvalue weighted by Gasteiger charge is -2.32. The molecule has 1 saturated heterocycles. The molecule has 3 rings (SSSR count). The van der Waals surface area contributed by atoms with Crippen molar-refractivity contribution in [1.82, 2.24) is 10.2 Å². The number of rotatable bonds is 5. The molecule has 0 unspecified atom stereocenters. The van der Waals surface area contributed by atoms with Crippen molar-refractivity contribution in [3.05, 3.63) is 58.1 Å². The first-order valence-corrected chi connectivity index (χ1v) is 10.1. The van der Waals surface area contributed by atoms with Gasteiger partial charge in [0, 0.05) is 23.6 Å². The highest BCUT2D eigenvalue weighted by molar-refractivity contribution is 9.10. The predicted molar refractivity (Wildman–Crippen MR) is 110 cm³/mol. The van der Waals surface area contributed by atoms with E-state index in [1.54, 1.807) is 29.2 Å². The Morgan fingerprint density at radius 2 is 1.89 bits per heavy atom. The molecule has 2 amide bonds. The summed E-state index contributed by atoms with van der Waals surface area (Å²) in [5, 5.41) is 12.9. The van der Waals surface area contributed by atoms with Crippen molar-refractivity contribution in [2.24, 2.45) is 0 Å². The zero-order valence-electron chi connectivity index (χ0n) is 15.7. The summed E-state index contributed by atoms with van der Waals surface area (Å²) < 4.78 is 6.29. The number of phenolic OH excluding ortho intramolecular Hbond substituents is 1. The molecule has 0 aliphatic carbocycles. The fourth-order valence-corrected chi connectivity index (χ4v) is 3.64. The smallest absolute Gasteiger partial charge is 0.257 e. The van der Waals surface area contributed by atoms with E-state index in [1.807, 2.05) is 19.1 Å². The van der Waals surface area contributed by atoms with Crippen LogP contribution in [0.2, 0.25) is 0 Å². The summed E-state index contributed by atoms with van der Waals surface area (Å²) in [6, 6.07) is 12.0. The number of likely N-dealkylation sites (tertiary alicyclic amines) is 1. The van der Waals surface area contributed by atoms with E-state index in [-0.39, 0.29) is 29.2 Å². The molecule has 2 aromatic carbocycles. The van der Waals surface area contributed by atoms with E-state index < -0.39 is 0 Å². The summed E-state index contributed by atoms with van der Waals surface area (Å²) in [4.78, 5) is 27.1. The number of para-hydroxylation sites is 1. The lowest BCUT2D eigenvalue weighted by atomic mass is 10.0. The maximum Gasteiger partial charge on any atom is 0.257 e. The average molecular weight is 447 g/mol. The van der Waals surface area contributed by atoms with Gasteiger partial charge in [-0.2, -0.15) is 0 Å². The third-order valence-electron chi connectivity index (χ3n) is 4.74. The van der Waals surface area contributed by atoms with Gasteiger partial charge in [-0.05, 0) is 50.1 Å². The SMILES string of the molecule is CCOc1ccccc1C(=O)N1CCC(NC(=O)c2cc(Br)ccc2O)CC1. The molecule has 6 nitrogen and oxygen atoms in total. The minimum Gasteiger partial charge on any atom is -0.507 e. The molecule has 1 aliphatic heterocycles. The van der Waals surface area contributed by atoms with Crippen molar-refractivity contribution in [3.8, 4) is 11.5 Å².